The first kappa shape index (κ1) is 9.68. The van der Waals surface area contributed by atoms with Gasteiger partial charge in [0, 0.05) is 11.8 Å². The van der Waals surface area contributed by atoms with Crippen LogP contribution in [0.5, 0.6) is 0 Å². The highest BCUT2D eigenvalue weighted by Crippen LogP contribution is 2.05. The second-order valence-corrected chi connectivity index (χ2v) is 2.86. The standard InChI is InChI=1S/C5H12ClN3O/c1-5(2,8-3)4(10)9(6)7/h8H,7H2,1-3H3. The van der Waals surface area contributed by atoms with E-state index in [1.54, 1.807) is 20.9 Å². The van der Waals surface area contributed by atoms with Gasteiger partial charge in [-0.05, 0) is 20.9 Å². The van der Waals surface area contributed by atoms with Gasteiger partial charge >= 0.3 is 0 Å². The number of nitrogens with zero attached hydrogens (tertiary/aromatic N) is 1. The van der Waals surface area contributed by atoms with Crippen molar-refractivity contribution in [2.45, 2.75) is 19.4 Å². The maximum Gasteiger partial charge on any atom is 0.271 e. The van der Waals surface area contributed by atoms with Gasteiger partial charge in [0.2, 0.25) is 0 Å². The summed E-state index contributed by atoms with van der Waals surface area (Å²) in [6.45, 7) is 3.38. The van der Waals surface area contributed by atoms with E-state index < -0.39 is 5.54 Å². The summed E-state index contributed by atoms with van der Waals surface area (Å²) in [5.41, 5.74) is -0.698. The first-order valence-electron chi connectivity index (χ1n) is 2.85. The maximum atomic E-state index is 11.0. The molecule has 0 aromatic rings. The molecule has 0 aromatic heterocycles. The van der Waals surface area contributed by atoms with Crippen LogP contribution in [0.1, 0.15) is 13.8 Å². The van der Waals surface area contributed by atoms with Crippen LogP contribution in [-0.2, 0) is 4.79 Å². The van der Waals surface area contributed by atoms with Crippen molar-refractivity contribution >= 4 is 17.7 Å². The Bertz CT molecular complexity index is 135. The Morgan fingerprint density at radius 1 is 1.70 bits per heavy atom. The topological polar surface area (TPSA) is 58.4 Å². The Morgan fingerprint density at radius 3 is 2.20 bits per heavy atom. The molecule has 10 heavy (non-hydrogen) atoms. The predicted octanol–water partition coefficient (Wildman–Crippen LogP) is -0.160. The maximum absolute atomic E-state index is 11.0. The molecule has 0 unspecified atom stereocenters. The zero-order chi connectivity index (χ0) is 8.36. The minimum Gasteiger partial charge on any atom is -0.307 e. The summed E-state index contributed by atoms with van der Waals surface area (Å²) < 4.78 is 0.552. The van der Waals surface area contributed by atoms with Gasteiger partial charge in [-0.1, -0.05) is 0 Å². The lowest BCUT2D eigenvalue weighted by Crippen LogP contribution is -2.51. The van der Waals surface area contributed by atoms with Crippen molar-refractivity contribution in [3.8, 4) is 0 Å². The van der Waals surface area contributed by atoms with Crippen molar-refractivity contribution in [3.05, 3.63) is 0 Å². The van der Waals surface area contributed by atoms with Gasteiger partial charge in [-0.2, -0.15) is 4.53 Å². The van der Waals surface area contributed by atoms with E-state index in [1.165, 1.54) is 0 Å². The molecule has 0 aliphatic carbocycles. The van der Waals surface area contributed by atoms with Gasteiger partial charge < -0.3 is 5.32 Å². The molecule has 0 rings (SSSR count). The molecule has 1 amide bonds. The van der Waals surface area contributed by atoms with Gasteiger partial charge in [-0.3, -0.25) is 4.79 Å². The number of nitrogens with one attached hydrogen (secondary N) is 1. The number of hydrogen-bond acceptors (Lipinski definition) is 3. The molecular formula is C5H12ClN3O. The summed E-state index contributed by atoms with van der Waals surface area (Å²) in [5, 5.41) is 2.77. The smallest absolute Gasteiger partial charge is 0.271 e. The van der Waals surface area contributed by atoms with Crippen molar-refractivity contribution in [1.29, 1.82) is 0 Å². The zero-order valence-corrected chi connectivity index (χ0v) is 7.07. The van der Waals surface area contributed by atoms with Crippen molar-refractivity contribution in [2.24, 2.45) is 5.84 Å². The fourth-order valence-electron chi connectivity index (χ4n) is 0.374. The molecule has 4 nitrogen and oxygen atoms in total. The van der Waals surface area contributed by atoms with Crippen LogP contribution in [0, 0.1) is 0 Å². The highest BCUT2D eigenvalue weighted by molar-refractivity contribution is 6.21. The average Bonchev–Trinajstić information content (AvgIpc) is 1.86. The van der Waals surface area contributed by atoms with Crippen LogP contribution in [0.2, 0.25) is 0 Å². The van der Waals surface area contributed by atoms with E-state index in [0.717, 1.165) is 0 Å². The molecule has 0 aliphatic rings. The van der Waals surface area contributed by atoms with E-state index in [2.05, 4.69) is 5.32 Å². The van der Waals surface area contributed by atoms with Crippen LogP contribution < -0.4 is 11.2 Å². The van der Waals surface area contributed by atoms with Crippen molar-refractivity contribution in [3.63, 3.8) is 0 Å². The molecule has 5 heteroatoms. The van der Waals surface area contributed by atoms with Crippen LogP contribution in [0.25, 0.3) is 0 Å². The normalized spacial score (nSPS) is 11.3. The van der Waals surface area contributed by atoms with Gasteiger partial charge in [0.25, 0.3) is 5.91 Å². The number of carbonyl (C=O) groups is 1. The predicted molar refractivity (Wildman–Crippen MR) is 40.0 cm³/mol. The average molecular weight is 166 g/mol. The summed E-state index contributed by atoms with van der Waals surface area (Å²) in [7, 11) is 1.66. The van der Waals surface area contributed by atoms with Crippen LogP contribution in [0.3, 0.4) is 0 Å². The highest BCUT2D eigenvalue weighted by atomic mass is 35.5. The van der Waals surface area contributed by atoms with Crippen LogP contribution in [0.4, 0.5) is 0 Å². The molecule has 0 saturated carbocycles. The van der Waals surface area contributed by atoms with Crippen molar-refractivity contribution in [2.75, 3.05) is 7.05 Å². The fourth-order valence-corrected chi connectivity index (χ4v) is 0.585. The molecule has 0 radical (unpaired) electrons. The van der Waals surface area contributed by atoms with Gasteiger partial charge in [-0.15, -0.1) is 0 Å². The van der Waals surface area contributed by atoms with Crippen LogP contribution in [0.15, 0.2) is 0 Å². The highest BCUT2D eigenvalue weighted by Gasteiger charge is 2.28. The third-order valence-corrected chi connectivity index (χ3v) is 1.51. The number of halogens is 1. The van der Waals surface area contributed by atoms with E-state index >= 15 is 0 Å². The van der Waals surface area contributed by atoms with E-state index in [1.807, 2.05) is 0 Å². The number of likely N-dealkylation sites (N-methyl/N-ethyl adjacent to an activating group) is 1. The molecule has 0 heterocycles. The monoisotopic (exact) mass is 165 g/mol. The quantitative estimate of drug-likeness (QED) is 0.259. The fraction of sp³-hybridized carbons (Fsp3) is 0.800. The lowest BCUT2D eigenvalue weighted by atomic mass is 10.1. The number of nitrogens with two attached hydrogens (primary N) is 1. The Balaban J connectivity index is 4.19. The molecule has 60 valence electrons. The summed E-state index contributed by atoms with van der Waals surface area (Å²) >= 11 is 5.21. The molecule has 0 atom stereocenters. The summed E-state index contributed by atoms with van der Waals surface area (Å²) in [4.78, 5) is 11.0. The Morgan fingerprint density at radius 2 is 2.10 bits per heavy atom. The summed E-state index contributed by atoms with van der Waals surface area (Å²) in [6.07, 6.45) is 0. The molecule has 0 bridgehead atoms. The minimum atomic E-state index is -0.698. The van der Waals surface area contributed by atoms with Crippen LogP contribution in [-0.4, -0.2) is 23.0 Å². The van der Waals surface area contributed by atoms with Crippen molar-refractivity contribution < 1.29 is 4.79 Å². The second-order valence-electron chi connectivity index (χ2n) is 2.49. The molecule has 0 aliphatic heterocycles. The minimum absolute atomic E-state index is 0.364. The lowest BCUT2D eigenvalue weighted by Gasteiger charge is -2.23. The lowest BCUT2D eigenvalue weighted by molar-refractivity contribution is -0.132. The third-order valence-electron chi connectivity index (χ3n) is 1.35. The van der Waals surface area contributed by atoms with E-state index in [4.69, 9.17) is 17.6 Å². The van der Waals surface area contributed by atoms with Crippen molar-refractivity contribution in [1.82, 2.24) is 9.84 Å². The number of rotatable bonds is 2. The first-order chi connectivity index (χ1) is 4.41. The Labute approximate surface area is 65.4 Å². The van der Waals surface area contributed by atoms with E-state index in [9.17, 15) is 4.79 Å². The van der Waals surface area contributed by atoms with E-state index in [-0.39, 0.29) is 5.91 Å². The number of amides is 1. The van der Waals surface area contributed by atoms with E-state index in [0.29, 0.717) is 4.53 Å². The number of hydrogen-bond donors (Lipinski definition) is 2. The van der Waals surface area contributed by atoms with Gasteiger partial charge in [0.1, 0.15) is 0 Å². The summed E-state index contributed by atoms with van der Waals surface area (Å²) in [6, 6.07) is 0. The Hall–Kier alpha value is -0.320. The SMILES string of the molecule is CNC(C)(C)C(=O)N(N)Cl. The molecule has 0 saturated heterocycles. The third kappa shape index (κ3) is 2.13. The molecule has 0 fully saturated rings. The molecule has 0 aromatic carbocycles. The van der Waals surface area contributed by atoms with Gasteiger partial charge in [0.05, 0.1) is 5.54 Å². The van der Waals surface area contributed by atoms with Crippen LogP contribution >= 0.6 is 11.8 Å². The first-order valence-corrected chi connectivity index (χ1v) is 3.19. The summed E-state index contributed by atoms with van der Waals surface area (Å²) in [5.74, 6) is 4.64. The second kappa shape index (κ2) is 3.18. The number of hydrazine groups is 1. The zero-order valence-electron chi connectivity index (χ0n) is 6.31. The van der Waals surface area contributed by atoms with Gasteiger partial charge in [0.15, 0.2) is 0 Å². The Kier molecular flexibility index (Phi) is 3.08. The number of carbonyl (C=O) groups excluding carboxylic acids is 1. The molecule has 3 N–H and O–H groups in total. The molecular weight excluding hydrogens is 154 g/mol. The van der Waals surface area contributed by atoms with Gasteiger partial charge in [-0.25, -0.2) is 5.84 Å². The largest absolute Gasteiger partial charge is 0.307 e. The molecule has 0 spiro atoms.